The van der Waals surface area contributed by atoms with Crippen molar-refractivity contribution in [2.75, 3.05) is 52.7 Å². The summed E-state index contributed by atoms with van der Waals surface area (Å²) in [5.74, 6) is -2.31. The topological polar surface area (TPSA) is 162 Å². The molecule has 276 valence electrons. The number of halogens is 6. The molecule has 0 aliphatic heterocycles. The van der Waals surface area contributed by atoms with Crippen LogP contribution in [0.2, 0.25) is 0 Å². The van der Waals surface area contributed by atoms with Crippen LogP contribution in [0.15, 0.2) is 48.8 Å². The number of carbonyl (C=O) groups excluding carboxylic acids is 3. The van der Waals surface area contributed by atoms with Crippen LogP contribution in [0.3, 0.4) is 0 Å². The number of amides is 1. The molecule has 0 aliphatic rings. The first-order valence-corrected chi connectivity index (χ1v) is 14.7. The Balaban J connectivity index is 0.000000277. The van der Waals surface area contributed by atoms with Crippen molar-refractivity contribution < 1.29 is 59.7 Å². The molecule has 0 atom stereocenters. The Morgan fingerprint density at radius 2 is 1.16 bits per heavy atom. The Kier molecular flexibility index (Phi) is 13.3. The lowest BCUT2D eigenvalue weighted by Crippen LogP contribution is -2.17. The van der Waals surface area contributed by atoms with Gasteiger partial charge in [-0.25, -0.2) is 9.59 Å². The third-order valence-corrected chi connectivity index (χ3v) is 7.08. The van der Waals surface area contributed by atoms with Gasteiger partial charge in [0.1, 0.15) is 0 Å². The van der Waals surface area contributed by atoms with Gasteiger partial charge in [0.05, 0.1) is 79.9 Å². The number of aromatic nitrogens is 4. The molecule has 13 nitrogen and oxygen atoms in total. The maximum absolute atomic E-state index is 13.7. The molecule has 2 aromatic carbocycles. The van der Waals surface area contributed by atoms with E-state index in [4.69, 9.17) is 15.2 Å². The monoisotopic (exact) mass is 728 g/mol. The molecule has 3 N–H and O–H groups in total. The van der Waals surface area contributed by atoms with Gasteiger partial charge in [-0.15, -0.1) is 0 Å². The molecule has 51 heavy (non-hydrogen) atoms. The molecule has 19 heteroatoms. The molecule has 2 heterocycles. The fourth-order valence-corrected chi connectivity index (χ4v) is 4.80. The van der Waals surface area contributed by atoms with E-state index in [1.807, 2.05) is 0 Å². The number of alkyl halides is 6. The van der Waals surface area contributed by atoms with Gasteiger partial charge in [-0.05, 0) is 36.4 Å². The summed E-state index contributed by atoms with van der Waals surface area (Å²) in [6.07, 6.45) is -6.65. The van der Waals surface area contributed by atoms with E-state index in [2.05, 4.69) is 25.0 Å². The van der Waals surface area contributed by atoms with Crippen LogP contribution >= 0.6 is 0 Å². The predicted molar refractivity (Wildman–Crippen MR) is 170 cm³/mol. The zero-order chi connectivity index (χ0) is 38.1. The second-order valence-electron chi connectivity index (χ2n) is 10.5. The Labute approximate surface area is 287 Å². The molecule has 0 radical (unpaired) electrons. The first-order chi connectivity index (χ1) is 24.0. The summed E-state index contributed by atoms with van der Waals surface area (Å²) in [7, 11) is 5.16. The number of nitrogens with zero attached hydrogens (tertiary/aromatic N) is 4. The minimum Gasteiger partial charge on any atom is -0.465 e. The van der Waals surface area contributed by atoms with Crippen LogP contribution in [0.4, 0.5) is 37.7 Å². The molecular weight excluding hydrogens is 694 g/mol. The van der Waals surface area contributed by atoms with Gasteiger partial charge in [-0.1, -0.05) is 0 Å². The first kappa shape index (κ1) is 40.0. The Bertz CT molecular complexity index is 1850. The van der Waals surface area contributed by atoms with Crippen molar-refractivity contribution >= 4 is 29.2 Å². The zero-order valence-electron chi connectivity index (χ0n) is 27.9. The van der Waals surface area contributed by atoms with Crippen molar-refractivity contribution in [3.8, 4) is 22.5 Å². The molecule has 4 aromatic rings. The van der Waals surface area contributed by atoms with E-state index in [-0.39, 0.29) is 71.3 Å². The Morgan fingerprint density at radius 3 is 1.57 bits per heavy atom. The third-order valence-electron chi connectivity index (χ3n) is 7.08. The number of nitrogens with two attached hydrogens (primary N) is 1. The number of hydrogen-bond acceptors (Lipinski definition) is 10. The maximum atomic E-state index is 13.7. The van der Waals surface area contributed by atoms with Gasteiger partial charge < -0.3 is 30.0 Å². The van der Waals surface area contributed by atoms with E-state index in [1.165, 1.54) is 48.1 Å². The highest BCUT2D eigenvalue weighted by Gasteiger charge is 2.37. The molecule has 2 aromatic heterocycles. The molecule has 0 fully saturated rings. The SMILES string of the molecule is COCCn1nccc1-c1cc(C(=O)OC)c(N)cc1C(F)(F)F.COCCn1nccc1-c1cc(C(=O)OC)c(NC(C)=O)cc1C(F)(F)F. The maximum Gasteiger partial charge on any atom is 0.417 e. The summed E-state index contributed by atoms with van der Waals surface area (Å²) in [4.78, 5) is 35.2. The highest BCUT2D eigenvalue weighted by atomic mass is 19.4. The minimum absolute atomic E-state index is 0.139. The number of carbonyl (C=O) groups is 3. The van der Waals surface area contributed by atoms with E-state index < -0.39 is 41.3 Å². The summed E-state index contributed by atoms with van der Waals surface area (Å²) in [6.45, 7) is 2.12. The van der Waals surface area contributed by atoms with Crippen LogP contribution < -0.4 is 11.1 Å². The standard InChI is InChI=1S/C17H18F3N3O4.C15H16F3N3O3/c1-10(24)22-14-9-13(17(18,19)20)11(8-12(14)16(25)27-3)15-4-5-21-23(15)6-7-26-2;1-23-6-5-21-13(3-4-20-21)9-7-10(14(22)24-2)12(19)8-11(9)15(16,17)18/h4-5,8-9H,6-7H2,1-3H3,(H,22,24);3-4,7-8H,5-6,19H2,1-2H3. The van der Waals surface area contributed by atoms with E-state index >= 15 is 0 Å². The molecule has 0 aliphatic carbocycles. The van der Waals surface area contributed by atoms with Crippen LogP contribution in [-0.4, -0.2) is 79.1 Å². The molecular formula is C32H34F6N6O7. The van der Waals surface area contributed by atoms with Crippen molar-refractivity contribution in [3.05, 3.63) is 71.0 Å². The number of hydrogen-bond donors (Lipinski definition) is 2. The van der Waals surface area contributed by atoms with Gasteiger partial charge in [0, 0.05) is 50.4 Å². The Hall–Kier alpha value is -5.43. The molecule has 0 spiro atoms. The van der Waals surface area contributed by atoms with E-state index in [9.17, 15) is 40.7 Å². The second kappa shape index (κ2) is 17.0. The van der Waals surface area contributed by atoms with Gasteiger partial charge >= 0.3 is 24.3 Å². The van der Waals surface area contributed by atoms with Crippen molar-refractivity contribution in [3.63, 3.8) is 0 Å². The van der Waals surface area contributed by atoms with Crippen LogP contribution in [-0.2, 0) is 49.2 Å². The number of anilines is 2. The number of nitrogen functional groups attached to an aromatic ring is 1. The van der Waals surface area contributed by atoms with Gasteiger partial charge in [0.2, 0.25) is 5.91 Å². The average molecular weight is 729 g/mol. The summed E-state index contributed by atoms with van der Waals surface area (Å²) in [6, 6.07) is 6.40. The fourth-order valence-electron chi connectivity index (χ4n) is 4.80. The summed E-state index contributed by atoms with van der Waals surface area (Å²) >= 11 is 0. The number of esters is 2. The number of nitrogens with one attached hydrogen (secondary N) is 1. The molecule has 0 saturated carbocycles. The fraction of sp³-hybridized carbons (Fsp3) is 0.344. The third kappa shape index (κ3) is 9.85. The van der Waals surface area contributed by atoms with E-state index in [1.54, 1.807) is 0 Å². The second-order valence-corrected chi connectivity index (χ2v) is 10.5. The van der Waals surface area contributed by atoms with Crippen molar-refractivity contribution in [2.24, 2.45) is 0 Å². The smallest absolute Gasteiger partial charge is 0.417 e. The van der Waals surface area contributed by atoms with Crippen molar-refractivity contribution in [2.45, 2.75) is 32.4 Å². The van der Waals surface area contributed by atoms with Crippen LogP contribution in [0.25, 0.3) is 22.5 Å². The van der Waals surface area contributed by atoms with Gasteiger partial charge in [0.15, 0.2) is 0 Å². The first-order valence-electron chi connectivity index (χ1n) is 14.7. The predicted octanol–water partition coefficient (Wildman–Crippen LogP) is 5.54. The van der Waals surface area contributed by atoms with Crippen molar-refractivity contribution in [1.29, 1.82) is 0 Å². The van der Waals surface area contributed by atoms with Gasteiger partial charge in [-0.3, -0.25) is 14.2 Å². The lowest BCUT2D eigenvalue weighted by molar-refractivity contribution is -0.137. The van der Waals surface area contributed by atoms with Crippen LogP contribution in [0, 0.1) is 0 Å². The largest absolute Gasteiger partial charge is 0.465 e. The molecule has 0 saturated heterocycles. The summed E-state index contributed by atoms with van der Waals surface area (Å²) < 4.78 is 103. The van der Waals surface area contributed by atoms with Crippen LogP contribution in [0.5, 0.6) is 0 Å². The molecule has 0 bridgehead atoms. The van der Waals surface area contributed by atoms with Gasteiger partial charge in [0.25, 0.3) is 0 Å². The summed E-state index contributed by atoms with van der Waals surface area (Å²) in [5, 5.41) is 10.2. The highest BCUT2D eigenvalue weighted by Crippen LogP contribution is 2.41. The lowest BCUT2D eigenvalue weighted by Gasteiger charge is -2.18. The molecule has 4 rings (SSSR count). The quantitative estimate of drug-likeness (QED) is 0.114. The lowest BCUT2D eigenvalue weighted by atomic mass is 9.98. The van der Waals surface area contributed by atoms with E-state index in [0.717, 1.165) is 45.4 Å². The zero-order valence-corrected chi connectivity index (χ0v) is 27.9. The minimum atomic E-state index is -4.73. The normalized spacial score (nSPS) is 11.4. The number of rotatable bonds is 11. The van der Waals surface area contributed by atoms with E-state index in [0.29, 0.717) is 0 Å². The average Bonchev–Trinajstić information content (AvgIpc) is 3.74. The number of benzene rings is 2. The van der Waals surface area contributed by atoms with Gasteiger partial charge in [-0.2, -0.15) is 36.5 Å². The number of ether oxygens (including phenoxy) is 4. The summed E-state index contributed by atoms with van der Waals surface area (Å²) in [5.41, 5.74) is 2.59. The van der Waals surface area contributed by atoms with Crippen LogP contribution in [0.1, 0.15) is 38.8 Å². The molecule has 1 amide bonds. The highest BCUT2D eigenvalue weighted by molar-refractivity contribution is 6.02. The van der Waals surface area contributed by atoms with Crippen molar-refractivity contribution in [1.82, 2.24) is 19.6 Å². The Morgan fingerprint density at radius 1 is 0.725 bits per heavy atom. The number of methoxy groups -OCH3 is 4. The molecule has 0 unspecified atom stereocenters.